The van der Waals surface area contributed by atoms with Crippen molar-refractivity contribution < 1.29 is 8.42 Å². The molecule has 2 aliphatic rings. The first-order chi connectivity index (χ1) is 11.5. The van der Waals surface area contributed by atoms with E-state index in [9.17, 15) is 8.42 Å². The average molecular weight is 346 g/mol. The van der Waals surface area contributed by atoms with Crippen LogP contribution in [-0.2, 0) is 10.0 Å². The summed E-state index contributed by atoms with van der Waals surface area (Å²) in [5.41, 5.74) is 3.01. The fourth-order valence-electron chi connectivity index (χ4n) is 3.97. The molecule has 24 heavy (non-hydrogen) atoms. The Hall–Kier alpha value is -1.57. The molecule has 128 valence electrons. The SMILES string of the molecule is CC(c1ccc2nccnc2c1)N1CCC2CNS(=O)(=O)C2CC1. The van der Waals surface area contributed by atoms with Gasteiger partial charge in [0.2, 0.25) is 10.0 Å². The second-order valence-electron chi connectivity index (χ2n) is 6.79. The van der Waals surface area contributed by atoms with E-state index in [1.54, 1.807) is 12.4 Å². The first kappa shape index (κ1) is 15.9. The van der Waals surface area contributed by atoms with Gasteiger partial charge in [-0.3, -0.25) is 14.9 Å². The van der Waals surface area contributed by atoms with Crippen molar-refractivity contribution in [3.05, 3.63) is 36.2 Å². The largest absolute Gasteiger partial charge is 0.297 e. The molecule has 7 heteroatoms. The third kappa shape index (κ3) is 2.81. The summed E-state index contributed by atoms with van der Waals surface area (Å²) in [5.74, 6) is 0.245. The second kappa shape index (κ2) is 6.06. The average Bonchev–Trinajstić information content (AvgIpc) is 2.76. The molecule has 0 amide bonds. The molecule has 0 spiro atoms. The number of sulfonamides is 1. The number of rotatable bonds is 2. The minimum Gasteiger partial charge on any atom is -0.297 e. The summed E-state index contributed by atoms with van der Waals surface area (Å²) in [6.45, 7) is 4.52. The summed E-state index contributed by atoms with van der Waals surface area (Å²) < 4.78 is 26.9. The van der Waals surface area contributed by atoms with Crippen LogP contribution in [0.25, 0.3) is 11.0 Å². The highest BCUT2D eigenvalue weighted by Gasteiger charge is 2.41. The maximum atomic E-state index is 12.1. The zero-order chi connectivity index (χ0) is 16.7. The quantitative estimate of drug-likeness (QED) is 0.896. The van der Waals surface area contributed by atoms with Crippen LogP contribution in [0.2, 0.25) is 0 Å². The molecular formula is C17H22N4O2S. The predicted molar refractivity (Wildman–Crippen MR) is 93.0 cm³/mol. The molecule has 2 fully saturated rings. The summed E-state index contributed by atoms with van der Waals surface area (Å²) in [7, 11) is -3.11. The minimum atomic E-state index is -3.11. The van der Waals surface area contributed by atoms with Crippen LogP contribution in [0.15, 0.2) is 30.6 Å². The Morgan fingerprint density at radius 2 is 1.92 bits per heavy atom. The van der Waals surface area contributed by atoms with E-state index in [-0.39, 0.29) is 17.2 Å². The Morgan fingerprint density at radius 3 is 2.75 bits per heavy atom. The van der Waals surface area contributed by atoms with Gasteiger partial charge in [0.05, 0.1) is 16.3 Å². The Bertz CT molecular complexity index is 855. The smallest absolute Gasteiger partial charge is 0.214 e. The van der Waals surface area contributed by atoms with E-state index in [0.717, 1.165) is 30.5 Å². The molecule has 0 radical (unpaired) electrons. The molecular weight excluding hydrogens is 324 g/mol. The van der Waals surface area contributed by atoms with Crippen LogP contribution >= 0.6 is 0 Å². The van der Waals surface area contributed by atoms with E-state index in [4.69, 9.17) is 0 Å². The van der Waals surface area contributed by atoms with Crippen LogP contribution < -0.4 is 4.72 Å². The number of fused-ring (bicyclic) bond motifs is 2. The number of benzene rings is 1. The number of hydrogen-bond donors (Lipinski definition) is 1. The zero-order valence-corrected chi connectivity index (χ0v) is 14.5. The molecule has 0 bridgehead atoms. The van der Waals surface area contributed by atoms with Gasteiger partial charge >= 0.3 is 0 Å². The van der Waals surface area contributed by atoms with E-state index in [2.05, 4.69) is 38.6 Å². The van der Waals surface area contributed by atoms with Crippen molar-refractivity contribution >= 4 is 21.1 Å². The van der Waals surface area contributed by atoms with E-state index in [1.807, 2.05) is 6.07 Å². The summed E-state index contributed by atoms with van der Waals surface area (Å²) in [6, 6.07) is 6.45. The van der Waals surface area contributed by atoms with Crippen LogP contribution in [0.3, 0.4) is 0 Å². The van der Waals surface area contributed by atoms with Crippen LogP contribution in [0.5, 0.6) is 0 Å². The molecule has 1 N–H and O–H groups in total. The molecule has 6 nitrogen and oxygen atoms in total. The van der Waals surface area contributed by atoms with Crippen molar-refractivity contribution in [3.63, 3.8) is 0 Å². The van der Waals surface area contributed by atoms with Gasteiger partial charge in [-0.2, -0.15) is 0 Å². The molecule has 3 unspecified atom stereocenters. The molecule has 4 rings (SSSR count). The van der Waals surface area contributed by atoms with Crippen LogP contribution in [0, 0.1) is 5.92 Å². The summed E-state index contributed by atoms with van der Waals surface area (Å²) >= 11 is 0. The molecule has 1 aromatic carbocycles. The summed E-state index contributed by atoms with van der Waals surface area (Å²) in [5, 5.41) is -0.225. The lowest BCUT2D eigenvalue weighted by atomic mass is 10.0. The van der Waals surface area contributed by atoms with Gasteiger partial charge in [-0.25, -0.2) is 13.1 Å². The van der Waals surface area contributed by atoms with Gasteiger partial charge in [-0.05, 0) is 49.9 Å². The molecule has 2 aromatic rings. The van der Waals surface area contributed by atoms with Gasteiger partial charge in [0.25, 0.3) is 0 Å². The van der Waals surface area contributed by atoms with Crippen LogP contribution in [0.4, 0.5) is 0 Å². The summed E-state index contributed by atoms with van der Waals surface area (Å²) in [6.07, 6.45) is 5.04. The monoisotopic (exact) mass is 346 g/mol. The topological polar surface area (TPSA) is 75.2 Å². The number of nitrogens with one attached hydrogen (secondary N) is 1. The lowest BCUT2D eigenvalue weighted by Gasteiger charge is -2.28. The van der Waals surface area contributed by atoms with Crippen molar-refractivity contribution in [1.82, 2.24) is 19.6 Å². The number of nitrogens with zero attached hydrogens (tertiary/aromatic N) is 3. The second-order valence-corrected chi connectivity index (χ2v) is 8.77. The Labute approximate surface area is 142 Å². The molecule has 3 atom stereocenters. The van der Waals surface area contributed by atoms with Gasteiger partial charge in [-0.1, -0.05) is 6.07 Å². The molecule has 2 aliphatic heterocycles. The fraction of sp³-hybridized carbons (Fsp3) is 0.529. The van der Waals surface area contributed by atoms with Gasteiger partial charge in [0.1, 0.15) is 0 Å². The van der Waals surface area contributed by atoms with Crippen molar-refractivity contribution in [2.75, 3.05) is 19.6 Å². The molecule has 0 saturated carbocycles. The van der Waals surface area contributed by atoms with Crippen LogP contribution in [0.1, 0.15) is 31.4 Å². The Balaban J connectivity index is 1.54. The number of hydrogen-bond acceptors (Lipinski definition) is 5. The highest BCUT2D eigenvalue weighted by molar-refractivity contribution is 7.90. The normalized spacial score (nSPS) is 28.4. The van der Waals surface area contributed by atoms with E-state index >= 15 is 0 Å². The van der Waals surface area contributed by atoms with Gasteiger partial charge in [-0.15, -0.1) is 0 Å². The first-order valence-electron chi connectivity index (χ1n) is 8.48. The lowest BCUT2D eigenvalue weighted by molar-refractivity contribution is 0.216. The van der Waals surface area contributed by atoms with E-state index in [1.165, 1.54) is 5.56 Å². The first-order valence-corrected chi connectivity index (χ1v) is 10.0. The predicted octanol–water partition coefficient (Wildman–Crippen LogP) is 1.70. The third-order valence-electron chi connectivity index (χ3n) is 5.48. The van der Waals surface area contributed by atoms with Gasteiger partial charge in [0.15, 0.2) is 0 Å². The Morgan fingerprint density at radius 1 is 1.17 bits per heavy atom. The summed E-state index contributed by atoms with van der Waals surface area (Å²) in [4.78, 5) is 11.1. The van der Waals surface area contributed by atoms with Gasteiger partial charge in [0, 0.05) is 31.5 Å². The minimum absolute atomic E-state index is 0.225. The van der Waals surface area contributed by atoms with Crippen LogP contribution in [-0.4, -0.2) is 48.2 Å². The van der Waals surface area contributed by atoms with Crippen molar-refractivity contribution in [2.45, 2.75) is 31.1 Å². The maximum Gasteiger partial charge on any atom is 0.214 e. The molecule has 3 heterocycles. The number of likely N-dealkylation sites (tertiary alicyclic amines) is 1. The Kier molecular flexibility index (Phi) is 4.02. The lowest BCUT2D eigenvalue weighted by Crippen LogP contribution is -2.30. The van der Waals surface area contributed by atoms with Gasteiger partial charge < -0.3 is 0 Å². The maximum absolute atomic E-state index is 12.1. The third-order valence-corrected chi connectivity index (χ3v) is 7.47. The fourth-order valence-corrected chi connectivity index (χ4v) is 5.78. The molecule has 0 aliphatic carbocycles. The highest BCUT2D eigenvalue weighted by Crippen LogP contribution is 2.32. The van der Waals surface area contributed by atoms with E-state index in [0.29, 0.717) is 13.0 Å². The molecule has 2 saturated heterocycles. The van der Waals surface area contributed by atoms with Crippen molar-refractivity contribution in [1.29, 1.82) is 0 Å². The standard InChI is InChI=1S/C17H22N4O2S/c1-12(13-2-3-15-16(10-13)19-7-6-18-15)21-8-4-14-11-20-24(22,23)17(14)5-9-21/h2-3,6-7,10,12,14,17,20H,4-5,8-9,11H2,1H3. The van der Waals surface area contributed by atoms with Crippen molar-refractivity contribution in [2.24, 2.45) is 5.92 Å². The highest BCUT2D eigenvalue weighted by atomic mass is 32.2. The van der Waals surface area contributed by atoms with Crippen molar-refractivity contribution in [3.8, 4) is 0 Å². The molecule has 1 aromatic heterocycles. The number of aromatic nitrogens is 2. The zero-order valence-electron chi connectivity index (χ0n) is 13.7. The van der Waals surface area contributed by atoms with E-state index < -0.39 is 10.0 Å².